The van der Waals surface area contributed by atoms with E-state index in [0.717, 1.165) is 31.1 Å². The second-order valence-electron chi connectivity index (χ2n) is 16.1. The van der Waals surface area contributed by atoms with Crippen molar-refractivity contribution in [1.82, 2.24) is 30.2 Å². The molecule has 6 aromatic rings. The van der Waals surface area contributed by atoms with Gasteiger partial charge < -0.3 is 49.3 Å². The molecular weight excluding hydrogens is 925 g/mol. The van der Waals surface area contributed by atoms with Crippen LogP contribution in [-0.2, 0) is 19.1 Å². The van der Waals surface area contributed by atoms with Crippen molar-refractivity contribution in [2.75, 3.05) is 64.9 Å². The molecule has 1 aliphatic carbocycles. The molecule has 2 aliphatic rings. The van der Waals surface area contributed by atoms with Gasteiger partial charge in [0.15, 0.2) is 23.0 Å². The summed E-state index contributed by atoms with van der Waals surface area (Å²) in [5, 5.41) is 10.8. The molecule has 4 aromatic carbocycles. The van der Waals surface area contributed by atoms with Crippen LogP contribution in [0.3, 0.4) is 0 Å². The molecule has 2 amide bonds. The number of ether oxygens (including phenoxy) is 6. The third-order valence-electron chi connectivity index (χ3n) is 11.3. The first-order valence-corrected chi connectivity index (χ1v) is 22.7. The van der Waals surface area contributed by atoms with E-state index in [4.69, 9.17) is 51.6 Å². The normalized spacial score (nSPS) is 16.1. The molecule has 0 spiro atoms. The Hall–Kier alpha value is -6.34. The van der Waals surface area contributed by atoms with Crippen molar-refractivity contribution in [2.45, 2.75) is 63.7 Å². The maximum absolute atomic E-state index is 13.6. The Morgan fingerprint density at radius 3 is 1.69 bits per heavy atom. The van der Waals surface area contributed by atoms with Crippen molar-refractivity contribution in [1.29, 1.82) is 0 Å². The first-order valence-electron chi connectivity index (χ1n) is 22.0. The second kappa shape index (κ2) is 23.6. The lowest BCUT2D eigenvalue weighted by molar-refractivity contribution is -0.137. The molecule has 0 unspecified atom stereocenters. The zero-order chi connectivity index (χ0) is 48.2. The average molecular weight is 978 g/mol. The van der Waals surface area contributed by atoms with E-state index in [1.807, 2.05) is 12.1 Å². The molecule has 0 bridgehead atoms. The van der Waals surface area contributed by atoms with Gasteiger partial charge in [-0.2, -0.15) is 0 Å². The number of hydrogen-bond donors (Lipinski definition) is 3. The number of nitrogens with zero attached hydrogens (tertiary/aromatic N) is 5. The minimum Gasteiger partial charge on any atom is -0.493 e. The number of nitrogens with one attached hydrogen (secondary N) is 3. The molecular formula is C48H52Cl2F2N8O8. The van der Waals surface area contributed by atoms with Crippen LogP contribution in [0.4, 0.5) is 31.8 Å². The van der Waals surface area contributed by atoms with E-state index in [2.05, 4.69) is 35.9 Å². The SMILES string of the molecule is COCCOc1cc2ncnc(Nc3ccc(F)c(Cl)c3)c2cc1OC1CCN(C(=O)COC)CC1.COc1cc2ncnc(Nc3ccc(F)c(Cl)c3)c2cc1OC1CCC(NC(C)=O)CC1. The quantitative estimate of drug-likeness (QED) is 0.0781. The van der Waals surface area contributed by atoms with Gasteiger partial charge in [-0.15, -0.1) is 0 Å². The number of piperidine rings is 1. The van der Waals surface area contributed by atoms with Gasteiger partial charge in [0, 0.05) is 87.4 Å². The number of benzene rings is 4. The standard InChI is InChI=1S/C25H28ClFN4O5.C23H24ClFN4O3/c1-33-9-10-35-22-13-21-18(25(29-15-28-21)30-16-3-4-20(27)19(26)11-16)12-23(22)36-17-5-7-31(8-6-17)24(32)14-34-2;1-13(30)28-14-3-6-16(7-4-14)32-22-10-17-20(11-21(22)31-2)26-12-27-23(17)29-15-5-8-19(25)18(24)9-15/h3-4,11-13,15,17H,5-10,14H2,1-2H3,(H,28,29,30);5,8-12,14,16H,3-4,6-7H2,1-2H3,(H,28,30)(H,26,27,29). The Morgan fingerprint density at radius 1 is 0.662 bits per heavy atom. The summed E-state index contributed by atoms with van der Waals surface area (Å²) in [6.07, 6.45) is 7.53. The summed E-state index contributed by atoms with van der Waals surface area (Å²) in [5.41, 5.74) is 2.50. The van der Waals surface area contributed by atoms with Gasteiger partial charge in [0.2, 0.25) is 11.8 Å². The third kappa shape index (κ3) is 13.0. The summed E-state index contributed by atoms with van der Waals surface area (Å²) >= 11 is 11.8. The molecule has 3 heterocycles. The van der Waals surface area contributed by atoms with E-state index in [1.54, 1.807) is 43.4 Å². The molecule has 1 saturated heterocycles. The van der Waals surface area contributed by atoms with E-state index >= 15 is 0 Å². The Morgan fingerprint density at radius 2 is 1.19 bits per heavy atom. The van der Waals surface area contributed by atoms with Crippen LogP contribution in [0.25, 0.3) is 21.8 Å². The number of likely N-dealkylation sites (tertiary alicyclic amines) is 1. The van der Waals surface area contributed by atoms with Crippen LogP contribution < -0.4 is 34.9 Å². The molecule has 68 heavy (non-hydrogen) atoms. The third-order valence-corrected chi connectivity index (χ3v) is 11.8. The summed E-state index contributed by atoms with van der Waals surface area (Å²) in [5.74, 6) is 2.27. The van der Waals surface area contributed by atoms with Gasteiger partial charge in [-0.25, -0.2) is 28.7 Å². The molecule has 2 aromatic heterocycles. The minimum atomic E-state index is -0.502. The summed E-state index contributed by atoms with van der Waals surface area (Å²) in [4.78, 5) is 42.6. The number of hydrogen-bond acceptors (Lipinski definition) is 14. The number of halogens is 4. The largest absolute Gasteiger partial charge is 0.493 e. The molecule has 360 valence electrons. The topological polar surface area (TPSA) is 180 Å². The lowest BCUT2D eigenvalue weighted by atomic mass is 9.93. The van der Waals surface area contributed by atoms with Crippen LogP contribution in [0.15, 0.2) is 73.3 Å². The molecule has 3 N–H and O–H groups in total. The van der Waals surface area contributed by atoms with Crippen molar-refractivity contribution < 1.29 is 46.8 Å². The summed E-state index contributed by atoms with van der Waals surface area (Å²) < 4.78 is 61.3. The number of aromatic nitrogens is 4. The van der Waals surface area contributed by atoms with Gasteiger partial charge in [0.05, 0.1) is 40.9 Å². The van der Waals surface area contributed by atoms with Crippen LogP contribution in [0.5, 0.6) is 23.0 Å². The van der Waals surface area contributed by atoms with Crippen molar-refractivity contribution in [3.05, 3.63) is 95.0 Å². The van der Waals surface area contributed by atoms with Gasteiger partial charge in [-0.3, -0.25) is 9.59 Å². The van der Waals surface area contributed by atoms with E-state index in [1.165, 1.54) is 51.0 Å². The highest BCUT2D eigenvalue weighted by Gasteiger charge is 2.27. The fraction of sp³-hybridized carbons (Fsp3) is 0.375. The van der Waals surface area contributed by atoms with Crippen LogP contribution >= 0.6 is 23.2 Å². The monoisotopic (exact) mass is 976 g/mol. The number of methoxy groups -OCH3 is 3. The second-order valence-corrected chi connectivity index (χ2v) is 16.9. The summed E-state index contributed by atoms with van der Waals surface area (Å²) in [7, 11) is 4.70. The lowest BCUT2D eigenvalue weighted by Gasteiger charge is -2.32. The molecule has 16 nitrogen and oxygen atoms in total. The molecule has 1 saturated carbocycles. The molecule has 1 aliphatic heterocycles. The zero-order valence-electron chi connectivity index (χ0n) is 38.0. The number of carbonyl (C=O) groups excluding carboxylic acids is 2. The van der Waals surface area contributed by atoms with E-state index in [-0.39, 0.29) is 46.7 Å². The minimum absolute atomic E-state index is 0.00605. The number of carbonyl (C=O) groups is 2. The number of rotatable bonds is 16. The maximum Gasteiger partial charge on any atom is 0.248 e. The Bertz CT molecular complexity index is 2710. The number of amides is 2. The first kappa shape index (κ1) is 49.6. The molecule has 8 rings (SSSR count). The summed E-state index contributed by atoms with van der Waals surface area (Å²) in [6, 6.07) is 16.2. The zero-order valence-corrected chi connectivity index (χ0v) is 39.5. The lowest BCUT2D eigenvalue weighted by Crippen LogP contribution is -2.43. The Kier molecular flexibility index (Phi) is 17.2. The van der Waals surface area contributed by atoms with E-state index in [9.17, 15) is 18.4 Å². The van der Waals surface area contributed by atoms with E-state index < -0.39 is 11.6 Å². The molecule has 2 fully saturated rings. The van der Waals surface area contributed by atoms with Crippen LogP contribution in [0.2, 0.25) is 10.0 Å². The van der Waals surface area contributed by atoms with Gasteiger partial charge in [-0.1, -0.05) is 23.2 Å². The fourth-order valence-corrected chi connectivity index (χ4v) is 8.21. The highest BCUT2D eigenvalue weighted by molar-refractivity contribution is 6.31. The molecule has 0 atom stereocenters. The number of fused-ring (bicyclic) bond motifs is 2. The predicted molar refractivity (Wildman–Crippen MR) is 255 cm³/mol. The van der Waals surface area contributed by atoms with Crippen LogP contribution in [0, 0.1) is 11.6 Å². The van der Waals surface area contributed by atoms with Crippen LogP contribution in [-0.4, -0.2) is 109 Å². The van der Waals surface area contributed by atoms with Gasteiger partial charge >= 0.3 is 0 Å². The van der Waals surface area contributed by atoms with Crippen LogP contribution in [0.1, 0.15) is 45.4 Å². The van der Waals surface area contributed by atoms with Gasteiger partial charge in [0.1, 0.15) is 55.2 Å². The Labute approximate surface area is 401 Å². The van der Waals surface area contributed by atoms with Crippen molar-refractivity contribution in [3.63, 3.8) is 0 Å². The summed E-state index contributed by atoms with van der Waals surface area (Å²) in [6.45, 7) is 3.54. The van der Waals surface area contributed by atoms with Gasteiger partial charge in [-0.05, 0) is 74.2 Å². The predicted octanol–water partition coefficient (Wildman–Crippen LogP) is 9.21. The van der Waals surface area contributed by atoms with Crippen molar-refractivity contribution in [2.24, 2.45) is 0 Å². The smallest absolute Gasteiger partial charge is 0.248 e. The van der Waals surface area contributed by atoms with E-state index in [0.29, 0.717) is 102 Å². The highest BCUT2D eigenvalue weighted by atomic mass is 35.5. The fourth-order valence-electron chi connectivity index (χ4n) is 7.85. The van der Waals surface area contributed by atoms with Gasteiger partial charge in [0.25, 0.3) is 0 Å². The molecule has 0 radical (unpaired) electrons. The first-order chi connectivity index (χ1) is 32.9. The maximum atomic E-state index is 13.6. The molecule has 20 heteroatoms. The average Bonchev–Trinajstić information content (AvgIpc) is 3.33. The van der Waals surface area contributed by atoms with Crippen molar-refractivity contribution in [3.8, 4) is 23.0 Å². The van der Waals surface area contributed by atoms with Crippen molar-refractivity contribution >= 4 is 79.8 Å². The Balaban J connectivity index is 0.000000203. The highest BCUT2D eigenvalue weighted by Crippen LogP contribution is 2.39. The number of anilines is 4.